The molecule has 0 fully saturated rings. The van der Waals surface area contributed by atoms with Crippen molar-refractivity contribution in [1.82, 2.24) is 0 Å². The summed E-state index contributed by atoms with van der Waals surface area (Å²) < 4.78 is 19.1. The van der Waals surface area contributed by atoms with Gasteiger partial charge in [-0.15, -0.1) is 0 Å². The van der Waals surface area contributed by atoms with Crippen LogP contribution in [0.3, 0.4) is 0 Å². The van der Waals surface area contributed by atoms with Gasteiger partial charge < -0.3 is 0 Å². The molecule has 0 aliphatic carbocycles. The van der Waals surface area contributed by atoms with Gasteiger partial charge in [0, 0.05) is 6.26 Å². The van der Waals surface area contributed by atoms with Crippen LogP contribution in [0.4, 0.5) is 0 Å². The third-order valence-corrected chi connectivity index (χ3v) is 3.17. The van der Waals surface area contributed by atoms with E-state index in [0.717, 1.165) is 5.56 Å². The second-order valence-electron chi connectivity index (χ2n) is 3.54. The van der Waals surface area contributed by atoms with Gasteiger partial charge in [0.05, 0.1) is 14.6 Å². The topological polar surface area (TPSA) is 40.9 Å². The highest BCUT2D eigenvalue weighted by Crippen LogP contribution is 2.23. The Morgan fingerprint density at radius 2 is 1.85 bits per heavy atom. The number of rotatable bonds is 2. The Balaban J connectivity index is 3.37. The summed E-state index contributed by atoms with van der Waals surface area (Å²) >= 11 is 0. The summed E-state index contributed by atoms with van der Waals surface area (Å²) in [6, 6.07) is 7.48. The molecule has 1 aromatic rings. The van der Waals surface area contributed by atoms with Crippen LogP contribution in [0.5, 0.6) is 0 Å². The minimum absolute atomic E-state index is 0.322. The van der Waals surface area contributed by atoms with Gasteiger partial charge in [-0.1, -0.05) is 32.0 Å². The van der Waals surface area contributed by atoms with Gasteiger partial charge >= 0.3 is 0 Å². The van der Waals surface area contributed by atoms with Gasteiger partial charge in [-0.2, -0.15) is 0 Å². The van der Waals surface area contributed by atoms with E-state index < -0.39 is 9.73 Å². The van der Waals surface area contributed by atoms with Crippen LogP contribution in [0.25, 0.3) is 0 Å². The molecule has 0 radical (unpaired) electrons. The van der Waals surface area contributed by atoms with Crippen molar-refractivity contribution >= 4 is 9.73 Å². The number of hydrogen-bond acceptors (Lipinski definition) is 2. The Hall–Kier alpha value is -0.830. The van der Waals surface area contributed by atoms with Crippen molar-refractivity contribution in [3.05, 3.63) is 29.8 Å². The molecule has 1 atom stereocenters. The van der Waals surface area contributed by atoms with E-state index >= 15 is 0 Å². The largest absolute Gasteiger partial charge is 0.249 e. The zero-order valence-corrected chi connectivity index (χ0v) is 9.02. The maximum Gasteiger partial charge on any atom is 0.0699 e. The molecule has 1 aromatic carbocycles. The Labute approximate surface area is 80.0 Å². The van der Waals surface area contributed by atoms with E-state index in [4.69, 9.17) is 4.78 Å². The Bertz CT molecular complexity index is 393. The SMILES string of the molecule is CC(C)c1ccccc1[S@@](C)(=N)=O. The summed E-state index contributed by atoms with van der Waals surface area (Å²) in [6.07, 6.45) is 1.47. The molecule has 1 N–H and O–H groups in total. The molecular weight excluding hydrogens is 182 g/mol. The van der Waals surface area contributed by atoms with Crippen LogP contribution < -0.4 is 0 Å². The maximum absolute atomic E-state index is 11.6. The first-order valence-corrected chi connectivity index (χ1v) is 6.22. The molecule has 3 heteroatoms. The average Bonchev–Trinajstić information content (AvgIpc) is 2.03. The molecule has 13 heavy (non-hydrogen) atoms. The van der Waals surface area contributed by atoms with Crippen molar-refractivity contribution in [2.24, 2.45) is 0 Å². The molecule has 2 nitrogen and oxygen atoms in total. The predicted molar refractivity (Wildman–Crippen MR) is 55.6 cm³/mol. The quantitative estimate of drug-likeness (QED) is 0.778. The molecule has 0 heterocycles. The molecule has 0 unspecified atom stereocenters. The van der Waals surface area contributed by atoms with Gasteiger partial charge in [-0.3, -0.25) is 0 Å². The highest BCUT2D eigenvalue weighted by molar-refractivity contribution is 7.91. The van der Waals surface area contributed by atoms with Gasteiger partial charge in [0.15, 0.2) is 0 Å². The standard InChI is InChI=1S/C10H15NOS/c1-8(2)9-6-4-5-7-10(9)13(3,11)12/h4-8,11H,1-3H3/t13-/m0/s1. The predicted octanol–water partition coefficient (Wildman–Crippen LogP) is 2.85. The summed E-state index contributed by atoms with van der Waals surface area (Å²) in [4.78, 5) is 0.671. The summed E-state index contributed by atoms with van der Waals surface area (Å²) in [7, 11) is -2.58. The van der Waals surface area contributed by atoms with E-state index in [2.05, 4.69) is 0 Å². The van der Waals surface area contributed by atoms with Crippen LogP contribution in [0.1, 0.15) is 25.3 Å². The lowest BCUT2D eigenvalue weighted by Crippen LogP contribution is -2.01. The fourth-order valence-corrected chi connectivity index (χ4v) is 2.40. The van der Waals surface area contributed by atoms with Crippen molar-refractivity contribution in [2.75, 3.05) is 6.26 Å². The second kappa shape index (κ2) is 3.50. The molecule has 1 rings (SSSR count). The van der Waals surface area contributed by atoms with Crippen LogP contribution in [-0.4, -0.2) is 10.5 Å². The monoisotopic (exact) mass is 197 g/mol. The zero-order chi connectivity index (χ0) is 10.1. The zero-order valence-electron chi connectivity index (χ0n) is 8.20. The van der Waals surface area contributed by atoms with Crippen LogP contribution in [0.15, 0.2) is 29.2 Å². The van der Waals surface area contributed by atoms with Gasteiger partial charge in [0.1, 0.15) is 0 Å². The van der Waals surface area contributed by atoms with Crippen LogP contribution in [-0.2, 0) is 9.73 Å². The number of benzene rings is 1. The lowest BCUT2D eigenvalue weighted by molar-refractivity contribution is 0.676. The fourth-order valence-electron chi connectivity index (χ4n) is 1.31. The summed E-state index contributed by atoms with van der Waals surface area (Å²) in [5, 5.41) is 0. The van der Waals surface area contributed by atoms with E-state index in [1.165, 1.54) is 6.26 Å². The van der Waals surface area contributed by atoms with Gasteiger partial charge in [-0.25, -0.2) is 8.99 Å². The minimum Gasteiger partial charge on any atom is -0.249 e. The molecular formula is C10H15NOS. The molecule has 72 valence electrons. The van der Waals surface area contributed by atoms with Crippen LogP contribution in [0, 0.1) is 4.78 Å². The van der Waals surface area contributed by atoms with E-state index in [-0.39, 0.29) is 0 Å². The Kier molecular flexibility index (Phi) is 2.76. The maximum atomic E-state index is 11.6. The van der Waals surface area contributed by atoms with Gasteiger partial charge in [0.25, 0.3) is 0 Å². The third-order valence-electron chi connectivity index (χ3n) is 1.96. The minimum atomic E-state index is -2.58. The molecule has 0 saturated carbocycles. The molecule has 0 saturated heterocycles. The highest BCUT2D eigenvalue weighted by atomic mass is 32.2. The lowest BCUT2D eigenvalue weighted by atomic mass is 10.0. The van der Waals surface area contributed by atoms with E-state index in [1.807, 2.05) is 32.0 Å². The normalized spacial score (nSPS) is 15.7. The third kappa shape index (κ3) is 2.31. The van der Waals surface area contributed by atoms with Gasteiger partial charge in [0.2, 0.25) is 0 Å². The first-order valence-electron chi connectivity index (χ1n) is 4.25. The molecule has 0 bridgehead atoms. The average molecular weight is 197 g/mol. The van der Waals surface area contributed by atoms with Crippen molar-refractivity contribution in [3.63, 3.8) is 0 Å². The molecule has 0 aliphatic heterocycles. The Morgan fingerprint density at radius 3 is 2.23 bits per heavy atom. The first-order chi connectivity index (χ1) is 5.93. The summed E-state index contributed by atoms with van der Waals surface area (Å²) in [6.45, 7) is 4.09. The summed E-state index contributed by atoms with van der Waals surface area (Å²) in [5.41, 5.74) is 1.02. The highest BCUT2D eigenvalue weighted by Gasteiger charge is 2.11. The Morgan fingerprint density at radius 1 is 1.31 bits per heavy atom. The fraction of sp³-hybridized carbons (Fsp3) is 0.400. The molecule has 0 amide bonds. The molecule has 0 aromatic heterocycles. The number of hydrogen-bond donors (Lipinski definition) is 1. The van der Waals surface area contributed by atoms with Crippen LogP contribution >= 0.6 is 0 Å². The lowest BCUT2D eigenvalue weighted by Gasteiger charge is -2.11. The van der Waals surface area contributed by atoms with Crippen molar-refractivity contribution in [2.45, 2.75) is 24.7 Å². The van der Waals surface area contributed by atoms with E-state index in [9.17, 15) is 4.21 Å². The first kappa shape index (κ1) is 10.3. The smallest absolute Gasteiger partial charge is 0.0699 e. The summed E-state index contributed by atoms with van der Waals surface area (Å²) in [5.74, 6) is 0.322. The van der Waals surface area contributed by atoms with E-state index in [0.29, 0.717) is 10.8 Å². The second-order valence-corrected chi connectivity index (χ2v) is 5.66. The van der Waals surface area contributed by atoms with E-state index in [1.54, 1.807) is 6.07 Å². The number of nitrogens with one attached hydrogen (secondary N) is 1. The van der Waals surface area contributed by atoms with Gasteiger partial charge in [-0.05, 0) is 17.5 Å². The van der Waals surface area contributed by atoms with Crippen molar-refractivity contribution < 1.29 is 4.21 Å². The molecule has 0 aliphatic rings. The van der Waals surface area contributed by atoms with Crippen molar-refractivity contribution in [1.29, 1.82) is 4.78 Å². The van der Waals surface area contributed by atoms with Crippen molar-refractivity contribution in [3.8, 4) is 0 Å². The van der Waals surface area contributed by atoms with Crippen LogP contribution in [0.2, 0.25) is 0 Å². The molecule has 0 spiro atoms.